The van der Waals surface area contributed by atoms with Crippen molar-refractivity contribution in [3.63, 3.8) is 0 Å². The van der Waals surface area contributed by atoms with Gasteiger partial charge in [-0.2, -0.15) is 13.2 Å². The van der Waals surface area contributed by atoms with Gasteiger partial charge in [-0.3, -0.25) is 9.69 Å². The summed E-state index contributed by atoms with van der Waals surface area (Å²) in [4.78, 5) is 15.9. The molecule has 1 amide bonds. The van der Waals surface area contributed by atoms with Gasteiger partial charge in [0.2, 0.25) is 5.91 Å². The Morgan fingerprint density at radius 1 is 1.34 bits per heavy atom. The minimum Gasteiger partial charge on any atom is -0.375 e. The minimum atomic E-state index is -4.16. The Morgan fingerprint density at radius 3 is 2.79 bits per heavy atom. The van der Waals surface area contributed by atoms with E-state index in [-0.39, 0.29) is 11.8 Å². The molecule has 1 unspecified atom stereocenters. The molecule has 0 saturated carbocycles. The quantitative estimate of drug-likeness (QED) is 0.712. The van der Waals surface area contributed by atoms with E-state index >= 15 is 0 Å². The van der Waals surface area contributed by atoms with Crippen LogP contribution >= 0.6 is 0 Å². The Bertz CT molecular complexity index is 860. The number of aromatic nitrogens is 1. The average Bonchev–Trinajstić information content (AvgIpc) is 3.21. The monoisotopic (exact) mass is 411 g/mol. The number of likely N-dealkylation sites (tertiary alicyclic amines) is 1. The highest BCUT2D eigenvalue weighted by Gasteiger charge is 2.39. The molecule has 1 aromatic carbocycles. The number of carbonyl (C=O) groups excluding carboxylic acids is 1. The van der Waals surface area contributed by atoms with Gasteiger partial charge in [-0.25, -0.2) is 0 Å². The fourth-order valence-electron chi connectivity index (χ4n) is 3.96. The smallest absolute Gasteiger partial charge is 0.375 e. The summed E-state index contributed by atoms with van der Waals surface area (Å²) in [5, 5.41) is 3.75. The Balaban J connectivity index is 1.55. The highest BCUT2D eigenvalue weighted by atomic mass is 19.4. The number of anilines is 1. The molecular weight excluding hydrogens is 383 g/mol. The molecule has 1 aromatic heterocycles. The molecule has 0 bridgehead atoms. The molecule has 1 aliphatic rings. The van der Waals surface area contributed by atoms with Crippen LogP contribution in [0.3, 0.4) is 0 Å². The Kier molecular flexibility index (Phi) is 6.24. The van der Waals surface area contributed by atoms with Crippen molar-refractivity contribution in [3.8, 4) is 0 Å². The number of amides is 1. The number of fused-ring (bicyclic) bond motifs is 1. The number of carbonyl (C=O) groups is 1. The minimum absolute atomic E-state index is 0.0726. The first kappa shape index (κ1) is 21.6. The van der Waals surface area contributed by atoms with Crippen molar-refractivity contribution >= 4 is 22.5 Å². The normalized spacial score (nSPS) is 18.5. The van der Waals surface area contributed by atoms with Gasteiger partial charge < -0.3 is 15.0 Å². The van der Waals surface area contributed by atoms with E-state index in [4.69, 9.17) is 4.74 Å². The molecule has 1 atom stereocenters. The van der Waals surface area contributed by atoms with Gasteiger partial charge in [0.05, 0.1) is 24.4 Å². The maximum atomic E-state index is 12.6. The standard InChI is InChI=1S/C21H28F3N3O2/c1-14(28)26-19-11-25-18-5-4-15(10-17(18)19)7-9-29-20(2,3)16-6-8-27(12-16)13-21(22,23)24/h4-5,10-11,16,25H,6-9,12-13H2,1-3H3,(H,26,28). The Labute approximate surface area is 168 Å². The van der Waals surface area contributed by atoms with E-state index in [1.54, 1.807) is 6.20 Å². The fourth-order valence-corrected chi connectivity index (χ4v) is 3.96. The third kappa shape index (κ3) is 5.73. The first-order valence-electron chi connectivity index (χ1n) is 9.84. The van der Waals surface area contributed by atoms with E-state index in [0.29, 0.717) is 32.5 Å². The summed E-state index contributed by atoms with van der Waals surface area (Å²) in [6.45, 7) is 5.87. The van der Waals surface area contributed by atoms with Crippen molar-refractivity contribution in [1.82, 2.24) is 9.88 Å². The van der Waals surface area contributed by atoms with Crippen LogP contribution in [0.15, 0.2) is 24.4 Å². The van der Waals surface area contributed by atoms with E-state index in [2.05, 4.69) is 10.3 Å². The topological polar surface area (TPSA) is 57.4 Å². The Morgan fingerprint density at radius 2 is 2.10 bits per heavy atom. The maximum absolute atomic E-state index is 12.6. The van der Waals surface area contributed by atoms with E-state index < -0.39 is 18.3 Å². The number of hydrogen-bond donors (Lipinski definition) is 2. The van der Waals surface area contributed by atoms with Crippen LogP contribution in [0.1, 0.15) is 32.8 Å². The number of aromatic amines is 1. The van der Waals surface area contributed by atoms with Crippen LogP contribution in [-0.2, 0) is 16.0 Å². The number of H-pyrrole nitrogens is 1. The third-order valence-corrected chi connectivity index (χ3v) is 5.58. The summed E-state index contributed by atoms with van der Waals surface area (Å²) in [6, 6.07) is 5.99. The van der Waals surface area contributed by atoms with Crippen LogP contribution in [0.2, 0.25) is 0 Å². The van der Waals surface area contributed by atoms with Crippen LogP contribution in [-0.4, -0.2) is 53.8 Å². The van der Waals surface area contributed by atoms with E-state index in [1.165, 1.54) is 11.8 Å². The van der Waals surface area contributed by atoms with Crippen LogP contribution in [0.4, 0.5) is 18.9 Å². The lowest BCUT2D eigenvalue weighted by atomic mass is 9.90. The van der Waals surface area contributed by atoms with Crippen LogP contribution in [0.25, 0.3) is 10.9 Å². The molecule has 2 N–H and O–H groups in total. The van der Waals surface area contributed by atoms with E-state index in [9.17, 15) is 18.0 Å². The van der Waals surface area contributed by atoms with Crippen molar-refractivity contribution in [2.45, 2.75) is 45.4 Å². The summed E-state index contributed by atoms with van der Waals surface area (Å²) in [5.41, 5.74) is 2.27. The van der Waals surface area contributed by atoms with Crippen molar-refractivity contribution in [2.24, 2.45) is 5.92 Å². The summed E-state index contributed by atoms with van der Waals surface area (Å²) in [6.07, 6.45) is -1.00. The predicted octanol–water partition coefficient (Wildman–Crippen LogP) is 4.35. The number of nitrogens with one attached hydrogen (secondary N) is 2. The van der Waals surface area contributed by atoms with E-state index in [1.807, 2.05) is 32.0 Å². The number of benzene rings is 1. The SMILES string of the molecule is CC(=O)Nc1c[nH]c2ccc(CCOC(C)(C)C3CCN(CC(F)(F)F)C3)cc12. The average molecular weight is 411 g/mol. The van der Waals surface area contributed by atoms with Crippen LogP contribution in [0, 0.1) is 5.92 Å². The molecule has 2 heterocycles. The summed E-state index contributed by atoms with van der Waals surface area (Å²) in [5.74, 6) is -0.0547. The molecule has 1 aliphatic heterocycles. The Hall–Kier alpha value is -2.06. The highest BCUT2D eigenvalue weighted by molar-refractivity contribution is 6.01. The van der Waals surface area contributed by atoms with Crippen molar-refractivity contribution in [1.29, 1.82) is 0 Å². The first-order valence-corrected chi connectivity index (χ1v) is 9.84. The number of halogens is 3. The zero-order valence-electron chi connectivity index (χ0n) is 17.0. The van der Waals surface area contributed by atoms with Gasteiger partial charge in [0.15, 0.2) is 0 Å². The van der Waals surface area contributed by atoms with Gasteiger partial charge >= 0.3 is 6.18 Å². The second-order valence-corrected chi connectivity index (χ2v) is 8.30. The zero-order valence-corrected chi connectivity index (χ0v) is 17.0. The van der Waals surface area contributed by atoms with Crippen LogP contribution in [0.5, 0.6) is 0 Å². The molecule has 160 valence electrons. The van der Waals surface area contributed by atoms with Gasteiger partial charge in [-0.05, 0) is 50.9 Å². The number of hydrogen-bond acceptors (Lipinski definition) is 3. The molecule has 1 fully saturated rings. The zero-order chi connectivity index (χ0) is 21.2. The molecule has 5 nitrogen and oxygen atoms in total. The van der Waals surface area contributed by atoms with Crippen molar-refractivity contribution in [2.75, 3.05) is 31.6 Å². The molecule has 8 heteroatoms. The van der Waals surface area contributed by atoms with Gasteiger partial charge in [0, 0.05) is 36.5 Å². The van der Waals surface area contributed by atoms with E-state index in [0.717, 1.165) is 22.2 Å². The maximum Gasteiger partial charge on any atom is 0.401 e. The van der Waals surface area contributed by atoms with Gasteiger partial charge in [0.25, 0.3) is 0 Å². The molecule has 0 radical (unpaired) electrons. The van der Waals surface area contributed by atoms with Gasteiger partial charge in [-0.1, -0.05) is 6.07 Å². The lowest BCUT2D eigenvalue weighted by Crippen LogP contribution is -2.39. The number of alkyl halides is 3. The second-order valence-electron chi connectivity index (χ2n) is 8.30. The molecule has 0 spiro atoms. The highest BCUT2D eigenvalue weighted by Crippen LogP contribution is 2.32. The van der Waals surface area contributed by atoms with Crippen LogP contribution < -0.4 is 5.32 Å². The molecule has 0 aliphatic carbocycles. The lowest BCUT2D eigenvalue weighted by Gasteiger charge is -2.32. The van der Waals surface area contributed by atoms with Crippen molar-refractivity contribution < 1.29 is 22.7 Å². The second kappa shape index (κ2) is 8.36. The van der Waals surface area contributed by atoms with Crippen molar-refractivity contribution in [3.05, 3.63) is 30.0 Å². The summed E-state index contributed by atoms with van der Waals surface area (Å²) in [7, 11) is 0. The largest absolute Gasteiger partial charge is 0.401 e. The molecule has 1 saturated heterocycles. The summed E-state index contributed by atoms with van der Waals surface area (Å²) >= 11 is 0. The third-order valence-electron chi connectivity index (χ3n) is 5.58. The number of rotatable bonds is 7. The van der Waals surface area contributed by atoms with Gasteiger partial charge in [-0.15, -0.1) is 0 Å². The summed E-state index contributed by atoms with van der Waals surface area (Å²) < 4.78 is 43.9. The number of nitrogens with zero attached hydrogens (tertiary/aromatic N) is 1. The molecule has 3 rings (SSSR count). The first-order chi connectivity index (χ1) is 13.5. The lowest BCUT2D eigenvalue weighted by molar-refractivity contribution is -0.145. The fraction of sp³-hybridized carbons (Fsp3) is 0.571. The molecular formula is C21H28F3N3O2. The molecule has 29 heavy (non-hydrogen) atoms. The van der Waals surface area contributed by atoms with Gasteiger partial charge in [0.1, 0.15) is 0 Å². The number of ether oxygens (including phenoxy) is 1. The predicted molar refractivity (Wildman–Crippen MR) is 107 cm³/mol. The molecule has 2 aromatic rings.